The summed E-state index contributed by atoms with van der Waals surface area (Å²) in [5, 5.41) is 32.6. The summed E-state index contributed by atoms with van der Waals surface area (Å²) in [6.45, 7) is 3.55. The molecule has 0 aliphatic heterocycles. The predicted molar refractivity (Wildman–Crippen MR) is 200 cm³/mol. The molecular formula is C37H30N4O11S2. The summed E-state index contributed by atoms with van der Waals surface area (Å²) in [5.74, 6) is -2.80. The van der Waals surface area contributed by atoms with Gasteiger partial charge in [-0.15, -0.1) is 0 Å². The number of aryl methyl sites for hydroxylation is 2. The maximum atomic E-state index is 13.0. The molecule has 8 N–H and O–H groups in total. The molecule has 0 heterocycles. The maximum absolute atomic E-state index is 13.0. The zero-order chi connectivity index (χ0) is 39.1. The van der Waals surface area contributed by atoms with Gasteiger partial charge in [0, 0.05) is 44.6 Å². The molecule has 0 bridgehead atoms. The highest BCUT2D eigenvalue weighted by Gasteiger charge is 2.20. The van der Waals surface area contributed by atoms with Gasteiger partial charge in [-0.3, -0.25) is 29.3 Å². The van der Waals surface area contributed by atoms with Gasteiger partial charge in [0.1, 0.15) is 21.3 Å². The summed E-state index contributed by atoms with van der Waals surface area (Å²) in [5.41, 5.74) is 3.65. The summed E-state index contributed by atoms with van der Waals surface area (Å²) < 4.78 is 64.9. The van der Waals surface area contributed by atoms with Crippen molar-refractivity contribution < 1.29 is 50.5 Å². The third-order valence-corrected chi connectivity index (χ3v) is 10.2. The van der Waals surface area contributed by atoms with Crippen molar-refractivity contribution in [2.24, 2.45) is 0 Å². The Hall–Kier alpha value is -6.53. The minimum atomic E-state index is -4.63. The molecule has 0 aromatic heterocycles. The minimum Gasteiger partial charge on any atom is -0.506 e. The van der Waals surface area contributed by atoms with Crippen LogP contribution in [-0.4, -0.2) is 54.0 Å². The molecule has 54 heavy (non-hydrogen) atoms. The molecule has 0 unspecified atom stereocenters. The quantitative estimate of drug-likeness (QED) is 0.0795. The number of urea groups is 1. The van der Waals surface area contributed by atoms with E-state index in [9.17, 15) is 50.5 Å². The van der Waals surface area contributed by atoms with Gasteiger partial charge in [-0.1, -0.05) is 24.3 Å². The van der Waals surface area contributed by atoms with Crippen molar-refractivity contribution >= 4 is 82.4 Å². The van der Waals surface area contributed by atoms with Crippen LogP contribution < -0.4 is 21.3 Å². The molecule has 17 heteroatoms. The molecular weight excluding hydrogens is 741 g/mol. The molecule has 15 nitrogen and oxygen atoms in total. The molecule has 0 spiro atoms. The largest absolute Gasteiger partial charge is 0.506 e. The van der Waals surface area contributed by atoms with Crippen molar-refractivity contribution in [2.45, 2.75) is 23.6 Å². The normalized spacial score (nSPS) is 11.6. The zero-order valence-corrected chi connectivity index (χ0v) is 29.8. The highest BCUT2D eigenvalue weighted by atomic mass is 32.2. The Morgan fingerprint density at radius 2 is 0.907 bits per heavy atom. The van der Waals surface area contributed by atoms with Crippen LogP contribution in [0.25, 0.3) is 21.5 Å². The van der Waals surface area contributed by atoms with E-state index >= 15 is 0 Å². The lowest BCUT2D eigenvalue weighted by Crippen LogP contribution is -2.42. The van der Waals surface area contributed by atoms with Crippen LogP contribution >= 0.6 is 0 Å². The van der Waals surface area contributed by atoms with E-state index in [0.717, 1.165) is 23.3 Å². The van der Waals surface area contributed by atoms with Gasteiger partial charge in [-0.05, 0) is 109 Å². The molecule has 0 atom stereocenters. The molecule has 0 saturated heterocycles. The highest BCUT2D eigenvalue weighted by molar-refractivity contribution is 7.86. The first kappa shape index (κ1) is 37.2. The Morgan fingerprint density at radius 1 is 0.519 bits per heavy atom. The van der Waals surface area contributed by atoms with Gasteiger partial charge in [0.2, 0.25) is 0 Å². The number of amides is 4. The molecule has 4 amide bonds. The van der Waals surface area contributed by atoms with E-state index in [1.807, 2.05) is 0 Å². The van der Waals surface area contributed by atoms with Gasteiger partial charge >= 0.3 is 6.03 Å². The van der Waals surface area contributed by atoms with Crippen molar-refractivity contribution in [3.63, 3.8) is 0 Å². The van der Waals surface area contributed by atoms with Gasteiger partial charge in [0.05, 0.1) is 0 Å². The second-order valence-electron chi connectivity index (χ2n) is 12.2. The van der Waals surface area contributed by atoms with Crippen molar-refractivity contribution in [1.82, 2.24) is 10.6 Å². The lowest BCUT2D eigenvalue weighted by atomic mass is 10.1. The van der Waals surface area contributed by atoms with Crippen LogP contribution in [0.2, 0.25) is 0 Å². The van der Waals surface area contributed by atoms with Crippen LogP contribution in [0.4, 0.5) is 27.5 Å². The van der Waals surface area contributed by atoms with Crippen LogP contribution in [0.15, 0.2) is 107 Å². The van der Waals surface area contributed by atoms with E-state index in [-0.39, 0.29) is 21.9 Å². The van der Waals surface area contributed by atoms with E-state index < -0.39 is 59.4 Å². The summed E-state index contributed by atoms with van der Waals surface area (Å²) in [4.78, 5) is 37.5. The number of phenolic OH excluding ortho intramolecular Hbond substituents is 2. The second-order valence-corrected chi connectivity index (χ2v) is 15.0. The standard InChI is InChI=1S/C37H30N4O11S2/c1-19-3-5-23(17-29(19)38-25-9-11-27-21(15-25)7-13-31(33(27)42)53(47,48)49)35(44)40-37(46)41-36(45)24-6-4-20(2)30(18-24)39-26-10-12-28-22(16-26)8-14-32(34(28)43)54(50,51)52/h3-18,38-39,42-43H,1-2H3,(H,47,48,49)(H,50,51,52)(H2,40,41,44,45,46). The molecule has 276 valence electrons. The number of benzene rings is 6. The fourth-order valence-corrected chi connectivity index (χ4v) is 6.84. The average molecular weight is 771 g/mol. The van der Waals surface area contributed by atoms with Gasteiger partial charge in [0.25, 0.3) is 32.1 Å². The molecule has 6 rings (SSSR count). The minimum absolute atomic E-state index is 0.0849. The number of anilines is 4. The predicted octanol–water partition coefficient (Wildman–Crippen LogP) is 6.28. The monoisotopic (exact) mass is 770 g/mol. The fourth-order valence-electron chi connectivity index (χ4n) is 5.65. The van der Waals surface area contributed by atoms with Crippen molar-refractivity contribution in [3.05, 3.63) is 119 Å². The molecule has 0 fully saturated rings. The van der Waals surface area contributed by atoms with Crippen LogP contribution in [0.5, 0.6) is 11.5 Å². The number of rotatable bonds is 8. The van der Waals surface area contributed by atoms with Crippen molar-refractivity contribution in [1.29, 1.82) is 0 Å². The Labute approximate surface area is 307 Å². The maximum Gasteiger partial charge on any atom is 0.328 e. The van der Waals surface area contributed by atoms with Gasteiger partial charge in [-0.2, -0.15) is 16.8 Å². The van der Waals surface area contributed by atoms with E-state index in [1.54, 1.807) is 50.2 Å². The highest BCUT2D eigenvalue weighted by Crippen LogP contribution is 2.36. The lowest BCUT2D eigenvalue weighted by Gasteiger charge is -2.14. The number of nitrogens with one attached hydrogen (secondary N) is 4. The summed E-state index contributed by atoms with van der Waals surface area (Å²) >= 11 is 0. The lowest BCUT2D eigenvalue weighted by molar-refractivity contribution is 0.0944. The first-order chi connectivity index (χ1) is 25.4. The Balaban J connectivity index is 1.12. The fraction of sp³-hybridized carbons (Fsp3) is 0.0541. The summed E-state index contributed by atoms with van der Waals surface area (Å²) in [7, 11) is -9.27. The second kappa shape index (κ2) is 14.1. The van der Waals surface area contributed by atoms with Gasteiger partial charge in [0.15, 0.2) is 0 Å². The Kier molecular flexibility index (Phi) is 9.74. The topological polar surface area (TPSA) is 249 Å². The smallest absolute Gasteiger partial charge is 0.328 e. The summed E-state index contributed by atoms with van der Waals surface area (Å²) in [6, 6.07) is 22.4. The SMILES string of the molecule is Cc1ccc(C(=O)NC(=O)NC(=O)c2ccc(C)c(Nc3ccc4c(O)c(S(=O)(=O)O)ccc4c3)c2)cc1Nc1ccc2c(O)c(S(=O)(=O)O)ccc2c1. The first-order valence-electron chi connectivity index (χ1n) is 15.8. The number of hydrogen-bond donors (Lipinski definition) is 8. The molecule has 6 aromatic rings. The Morgan fingerprint density at radius 3 is 1.28 bits per heavy atom. The average Bonchev–Trinajstić information content (AvgIpc) is 3.09. The van der Waals surface area contributed by atoms with Crippen molar-refractivity contribution in [2.75, 3.05) is 10.6 Å². The van der Waals surface area contributed by atoms with E-state index in [2.05, 4.69) is 21.3 Å². The van der Waals surface area contributed by atoms with E-state index in [0.29, 0.717) is 33.5 Å². The Bertz CT molecular complexity index is 2600. The number of carbonyl (C=O) groups excluding carboxylic acids is 3. The molecule has 0 aliphatic carbocycles. The van der Waals surface area contributed by atoms with Gasteiger partial charge in [-0.25, -0.2) is 4.79 Å². The zero-order valence-electron chi connectivity index (χ0n) is 28.2. The number of aromatic hydroxyl groups is 2. The van der Waals surface area contributed by atoms with Gasteiger partial charge < -0.3 is 20.8 Å². The summed E-state index contributed by atoms with van der Waals surface area (Å²) in [6.07, 6.45) is 0. The number of fused-ring (bicyclic) bond motifs is 2. The van der Waals surface area contributed by atoms with E-state index in [1.165, 1.54) is 48.5 Å². The third kappa shape index (κ3) is 7.79. The van der Waals surface area contributed by atoms with Crippen molar-refractivity contribution in [3.8, 4) is 11.5 Å². The third-order valence-electron chi connectivity index (χ3n) is 8.48. The van der Waals surface area contributed by atoms with Crippen LogP contribution in [0, 0.1) is 13.8 Å². The van der Waals surface area contributed by atoms with Crippen LogP contribution in [-0.2, 0) is 20.2 Å². The number of imide groups is 2. The van der Waals surface area contributed by atoms with Crippen LogP contribution in [0.3, 0.4) is 0 Å². The van der Waals surface area contributed by atoms with E-state index in [4.69, 9.17) is 0 Å². The van der Waals surface area contributed by atoms with Crippen LogP contribution in [0.1, 0.15) is 31.8 Å². The molecule has 6 aromatic carbocycles. The number of hydrogen-bond acceptors (Lipinski definition) is 11. The molecule has 0 radical (unpaired) electrons. The first-order valence-corrected chi connectivity index (χ1v) is 18.7. The molecule has 0 saturated carbocycles. The number of phenols is 2. The molecule has 0 aliphatic rings. The number of carbonyl (C=O) groups is 3.